The number of hydrogen-bond donors (Lipinski definition) is 3. The standard InChI is InChI=1S/C16H14O6/c1-2-22-16(21)12-10(9-6-4-3-5-7-9)8-11(17)13(14(12)18)15(19)20/h3-8,17-18H,2H2,1H3,(H,19,20). The fourth-order valence-electron chi connectivity index (χ4n) is 2.12. The molecule has 0 amide bonds. The van der Waals surface area contributed by atoms with Gasteiger partial charge in [0.1, 0.15) is 22.6 Å². The summed E-state index contributed by atoms with van der Waals surface area (Å²) < 4.78 is 4.87. The zero-order valence-corrected chi connectivity index (χ0v) is 11.7. The summed E-state index contributed by atoms with van der Waals surface area (Å²) in [6.07, 6.45) is 0. The molecule has 114 valence electrons. The van der Waals surface area contributed by atoms with Crippen LogP contribution in [0.4, 0.5) is 0 Å². The van der Waals surface area contributed by atoms with E-state index in [0.717, 1.165) is 6.07 Å². The lowest BCUT2D eigenvalue weighted by atomic mass is 9.95. The molecule has 22 heavy (non-hydrogen) atoms. The maximum Gasteiger partial charge on any atom is 0.343 e. The number of aromatic carboxylic acids is 1. The number of ether oxygens (including phenoxy) is 1. The monoisotopic (exact) mass is 302 g/mol. The van der Waals surface area contributed by atoms with E-state index in [1.165, 1.54) is 0 Å². The van der Waals surface area contributed by atoms with Crippen molar-refractivity contribution in [3.63, 3.8) is 0 Å². The summed E-state index contributed by atoms with van der Waals surface area (Å²) in [4.78, 5) is 23.2. The van der Waals surface area contributed by atoms with Crippen molar-refractivity contribution in [2.24, 2.45) is 0 Å². The van der Waals surface area contributed by atoms with Gasteiger partial charge in [-0.25, -0.2) is 9.59 Å². The van der Waals surface area contributed by atoms with E-state index in [4.69, 9.17) is 9.84 Å². The van der Waals surface area contributed by atoms with Crippen molar-refractivity contribution < 1.29 is 29.6 Å². The van der Waals surface area contributed by atoms with Gasteiger partial charge in [0.05, 0.1) is 6.61 Å². The highest BCUT2D eigenvalue weighted by Gasteiger charge is 2.27. The second kappa shape index (κ2) is 6.17. The first kappa shape index (κ1) is 15.4. The van der Waals surface area contributed by atoms with Gasteiger partial charge < -0.3 is 20.1 Å². The molecule has 0 aliphatic carbocycles. The minimum absolute atomic E-state index is 0.0653. The number of carbonyl (C=O) groups excluding carboxylic acids is 1. The summed E-state index contributed by atoms with van der Waals surface area (Å²) in [5.41, 5.74) is -0.293. The van der Waals surface area contributed by atoms with Crippen molar-refractivity contribution in [1.82, 2.24) is 0 Å². The van der Waals surface area contributed by atoms with Gasteiger partial charge in [-0.1, -0.05) is 30.3 Å². The first-order chi connectivity index (χ1) is 10.5. The number of aromatic hydroxyl groups is 2. The second-order valence-corrected chi connectivity index (χ2v) is 4.43. The van der Waals surface area contributed by atoms with Gasteiger partial charge in [0, 0.05) is 5.56 Å². The molecule has 0 fully saturated rings. The van der Waals surface area contributed by atoms with E-state index in [0.29, 0.717) is 5.56 Å². The first-order valence-electron chi connectivity index (χ1n) is 6.52. The van der Waals surface area contributed by atoms with Crippen molar-refractivity contribution in [1.29, 1.82) is 0 Å². The topological polar surface area (TPSA) is 104 Å². The summed E-state index contributed by atoms with van der Waals surface area (Å²) >= 11 is 0. The predicted octanol–water partition coefficient (Wildman–Crippen LogP) is 2.64. The number of carbonyl (C=O) groups is 2. The summed E-state index contributed by atoms with van der Waals surface area (Å²) in [7, 11) is 0. The van der Waals surface area contributed by atoms with E-state index in [-0.39, 0.29) is 17.7 Å². The minimum Gasteiger partial charge on any atom is -0.507 e. The van der Waals surface area contributed by atoms with Crippen LogP contribution < -0.4 is 0 Å². The van der Waals surface area contributed by atoms with Crippen LogP contribution in [-0.2, 0) is 4.74 Å². The molecule has 3 N–H and O–H groups in total. The third-order valence-electron chi connectivity index (χ3n) is 3.06. The molecular weight excluding hydrogens is 288 g/mol. The molecule has 6 heteroatoms. The van der Waals surface area contributed by atoms with Crippen LogP contribution in [-0.4, -0.2) is 33.9 Å². The molecular formula is C16H14O6. The Balaban J connectivity index is 2.77. The normalized spacial score (nSPS) is 10.2. The lowest BCUT2D eigenvalue weighted by Crippen LogP contribution is -2.10. The summed E-state index contributed by atoms with van der Waals surface area (Å²) in [6.45, 7) is 1.66. The van der Waals surface area contributed by atoms with Crippen LogP contribution in [0.2, 0.25) is 0 Å². The number of esters is 1. The van der Waals surface area contributed by atoms with E-state index in [1.807, 2.05) is 0 Å². The number of rotatable bonds is 4. The molecule has 0 radical (unpaired) electrons. The zero-order valence-electron chi connectivity index (χ0n) is 11.7. The van der Waals surface area contributed by atoms with Crippen LogP contribution in [0.25, 0.3) is 11.1 Å². The van der Waals surface area contributed by atoms with Gasteiger partial charge in [-0.05, 0) is 18.6 Å². The molecule has 2 aromatic carbocycles. The molecule has 0 aromatic heterocycles. The third-order valence-corrected chi connectivity index (χ3v) is 3.06. The second-order valence-electron chi connectivity index (χ2n) is 4.43. The Morgan fingerprint density at radius 3 is 2.27 bits per heavy atom. The van der Waals surface area contributed by atoms with Crippen LogP contribution in [0.5, 0.6) is 11.5 Å². The highest BCUT2D eigenvalue weighted by Crippen LogP contribution is 2.39. The fourth-order valence-corrected chi connectivity index (χ4v) is 2.12. The van der Waals surface area contributed by atoms with Crippen molar-refractivity contribution in [3.05, 3.63) is 47.5 Å². The minimum atomic E-state index is -1.54. The Labute approximate surface area is 126 Å². The lowest BCUT2D eigenvalue weighted by Gasteiger charge is -2.14. The van der Waals surface area contributed by atoms with Gasteiger partial charge in [-0.3, -0.25) is 0 Å². The molecule has 0 unspecified atom stereocenters. The van der Waals surface area contributed by atoms with Crippen LogP contribution in [0.1, 0.15) is 27.6 Å². The van der Waals surface area contributed by atoms with Gasteiger partial charge in [-0.2, -0.15) is 0 Å². The Kier molecular flexibility index (Phi) is 4.31. The molecule has 0 spiro atoms. The maximum absolute atomic E-state index is 12.1. The zero-order chi connectivity index (χ0) is 16.3. The first-order valence-corrected chi connectivity index (χ1v) is 6.52. The fraction of sp³-hybridized carbons (Fsp3) is 0.125. The number of benzene rings is 2. The average Bonchev–Trinajstić information content (AvgIpc) is 2.47. The molecule has 0 aliphatic heterocycles. The van der Waals surface area contributed by atoms with Crippen LogP contribution in [0, 0.1) is 0 Å². The van der Waals surface area contributed by atoms with Gasteiger partial charge in [0.25, 0.3) is 0 Å². The number of carboxylic acids is 1. The van der Waals surface area contributed by atoms with E-state index >= 15 is 0 Å². The van der Waals surface area contributed by atoms with E-state index < -0.39 is 29.0 Å². The molecule has 0 atom stereocenters. The maximum atomic E-state index is 12.1. The molecule has 0 heterocycles. The van der Waals surface area contributed by atoms with E-state index in [2.05, 4.69) is 0 Å². The van der Waals surface area contributed by atoms with Gasteiger partial charge >= 0.3 is 11.9 Å². The number of hydrogen-bond acceptors (Lipinski definition) is 5. The van der Waals surface area contributed by atoms with Crippen molar-refractivity contribution in [2.45, 2.75) is 6.92 Å². The van der Waals surface area contributed by atoms with Gasteiger partial charge in [0.15, 0.2) is 0 Å². The van der Waals surface area contributed by atoms with Crippen LogP contribution >= 0.6 is 0 Å². The molecule has 2 aromatic rings. The molecule has 0 aliphatic rings. The van der Waals surface area contributed by atoms with Crippen LogP contribution in [0.3, 0.4) is 0 Å². The molecule has 6 nitrogen and oxygen atoms in total. The Morgan fingerprint density at radius 1 is 1.09 bits per heavy atom. The summed E-state index contributed by atoms with van der Waals surface area (Å²) in [5.74, 6) is -3.84. The lowest BCUT2D eigenvalue weighted by molar-refractivity contribution is 0.0524. The molecule has 2 rings (SSSR count). The third kappa shape index (κ3) is 2.71. The Bertz CT molecular complexity index is 721. The van der Waals surface area contributed by atoms with Crippen LogP contribution in [0.15, 0.2) is 36.4 Å². The Morgan fingerprint density at radius 2 is 1.73 bits per heavy atom. The predicted molar refractivity (Wildman–Crippen MR) is 78.1 cm³/mol. The highest BCUT2D eigenvalue weighted by atomic mass is 16.5. The van der Waals surface area contributed by atoms with Gasteiger partial charge in [0.2, 0.25) is 0 Å². The quantitative estimate of drug-likeness (QED) is 0.750. The van der Waals surface area contributed by atoms with Crippen molar-refractivity contribution in [3.8, 4) is 22.6 Å². The van der Waals surface area contributed by atoms with Crippen molar-refractivity contribution >= 4 is 11.9 Å². The largest absolute Gasteiger partial charge is 0.507 e. The van der Waals surface area contributed by atoms with E-state index in [9.17, 15) is 19.8 Å². The van der Waals surface area contributed by atoms with E-state index in [1.54, 1.807) is 37.3 Å². The Hall–Kier alpha value is -3.02. The van der Waals surface area contributed by atoms with Gasteiger partial charge in [-0.15, -0.1) is 0 Å². The molecule has 0 bridgehead atoms. The molecule has 0 saturated carbocycles. The number of phenols is 2. The summed E-state index contributed by atoms with van der Waals surface area (Å²) in [5, 5.41) is 29.1. The smallest absolute Gasteiger partial charge is 0.343 e. The average molecular weight is 302 g/mol. The SMILES string of the molecule is CCOC(=O)c1c(-c2ccccc2)cc(O)c(C(=O)O)c1O. The molecule has 0 saturated heterocycles. The summed E-state index contributed by atoms with van der Waals surface area (Å²) in [6, 6.07) is 9.64. The highest BCUT2D eigenvalue weighted by molar-refractivity contribution is 6.06. The van der Waals surface area contributed by atoms with Crippen molar-refractivity contribution in [2.75, 3.05) is 6.61 Å². The number of carboxylic acid groups (broad SMARTS) is 1.